The minimum absolute atomic E-state index is 0.127. The average Bonchev–Trinajstić information content (AvgIpc) is 2.98. The van der Waals surface area contributed by atoms with Gasteiger partial charge in [0.25, 0.3) is 0 Å². The molecular weight excluding hydrogens is 340 g/mol. The quantitative estimate of drug-likeness (QED) is 0.734. The SMILES string of the molecule is CCOC(=O)C1CC2(CCOCC2)CN1C(=O)C(NC(=O)OC)C(C)C. The Labute approximate surface area is 154 Å². The molecule has 0 bridgehead atoms. The highest BCUT2D eigenvalue weighted by molar-refractivity contribution is 5.90. The van der Waals surface area contributed by atoms with Gasteiger partial charge in [-0.05, 0) is 37.5 Å². The van der Waals surface area contributed by atoms with Gasteiger partial charge in [0.15, 0.2) is 0 Å². The molecule has 8 nitrogen and oxygen atoms in total. The molecule has 2 atom stereocenters. The Morgan fingerprint density at radius 2 is 1.92 bits per heavy atom. The zero-order valence-electron chi connectivity index (χ0n) is 16.1. The molecule has 2 aliphatic rings. The molecule has 2 heterocycles. The fraction of sp³-hybridized carbons (Fsp3) is 0.833. The molecule has 2 saturated heterocycles. The molecule has 26 heavy (non-hydrogen) atoms. The van der Waals surface area contributed by atoms with E-state index >= 15 is 0 Å². The van der Waals surface area contributed by atoms with Crippen molar-refractivity contribution >= 4 is 18.0 Å². The van der Waals surface area contributed by atoms with E-state index in [0.717, 1.165) is 12.8 Å². The summed E-state index contributed by atoms with van der Waals surface area (Å²) in [6, 6.07) is -1.38. The molecule has 0 aliphatic carbocycles. The molecule has 0 radical (unpaired) electrons. The van der Waals surface area contributed by atoms with Crippen molar-refractivity contribution in [3.05, 3.63) is 0 Å². The van der Waals surface area contributed by atoms with Gasteiger partial charge in [-0.1, -0.05) is 13.8 Å². The zero-order valence-corrected chi connectivity index (χ0v) is 16.1. The lowest BCUT2D eigenvalue weighted by Crippen LogP contribution is -2.54. The smallest absolute Gasteiger partial charge is 0.407 e. The molecule has 2 aliphatic heterocycles. The molecular formula is C18H30N2O6. The van der Waals surface area contributed by atoms with Crippen LogP contribution in [0.15, 0.2) is 0 Å². The standard InChI is InChI=1S/C18H30N2O6/c1-5-26-16(22)13-10-18(6-8-25-9-7-18)11-20(13)15(21)14(12(2)3)19-17(23)24-4/h12-14H,5-11H2,1-4H3,(H,19,23). The molecule has 0 saturated carbocycles. The number of ether oxygens (including phenoxy) is 3. The molecule has 1 N–H and O–H groups in total. The predicted octanol–water partition coefficient (Wildman–Crippen LogP) is 1.33. The van der Waals surface area contributed by atoms with Gasteiger partial charge in [0, 0.05) is 19.8 Å². The number of esters is 1. The molecule has 2 rings (SSSR count). The number of likely N-dealkylation sites (tertiary alicyclic amines) is 1. The summed E-state index contributed by atoms with van der Waals surface area (Å²) in [5.74, 6) is -0.799. The Morgan fingerprint density at radius 1 is 1.27 bits per heavy atom. The Kier molecular flexibility index (Phi) is 6.86. The van der Waals surface area contributed by atoms with Crippen LogP contribution in [0.3, 0.4) is 0 Å². The molecule has 2 unspecified atom stereocenters. The minimum Gasteiger partial charge on any atom is -0.464 e. The number of amides is 2. The number of alkyl carbamates (subject to hydrolysis) is 1. The summed E-state index contributed by atoms with van der Waals surface area (Å²) in [6.45, 7) is 7.44. The van der Waals surface area contributed by atoms with Crippen molar-refractivity contribution in [1.82, 2.24) is 10.2 Å². The van der Waals surface area contributed by atoms with Crippen LogP contribution in [0.25, 0.3) is 0 Å². The maximum atomic E-state index is 13.2. The number of hydrogen-bond acceptors (Lipinski definition) is 6. The van der Waals surface area contributed by atoms with E-state index in [9.17, 15) is 14.4 Å². The summed E-state index contributed by atoms with van der Waals surface area (Å²) in [5, 5.41) is 2.60. The fourth-order valence-corrected chi connectivity index (χ4v) is 3.78. The van der Waals surface area contributed by atoms with E-state index in [1.54, 1.807) is 11.8 Å². The van der Waals surface area contributed by atoms with Gasteiger partial charge in [-0.15, -0.1) is 0 Å². The normalized spacial score (nSPS) is 23.0. The Hall–Kier alpha value is -1.83. The molecule has 148 valence electrons. The van der Waals surface area contributed by atoms with Crippen LogP contribution in [0.1, 0.15) is 40.0 Å². The van der Waals surface area contributed by atoms with Crippen LogP contribution >= 0.6 is 0 Å². The first-order valence-electron chi connectivity index (χ1n) is 9.23. The second kappa shape index (κ2) is 8.70. The molecule has 0 aromatic heterocycles. The topological polar surface area (TPSA) is 94.2 Å². The summed E-state index contributed by atoms with van der Waals surface area (Å²) in [7, 11) is 1.26. The first-order chi connectivity index (χ1) is 12.3. The van der Waals surface area contributed by atoms with Crippen molar-refractivity contribution < 1.29 is 28.6 Å². The number of hydrogen-bond donors (Lipinski definition) is 1. The van der Waals surface area contributed by atoms with Crippen LogP contribution in [0.4, 0.5) is 4.79 Å². The van der Waals surface area contributed by atoms with E-state index in [4.69, 9.17) is 9.47 Å². The molecule has 0 aromatic rings. The van der Waals surface area contributed by atoms with Crippen molar-refractivity contribution in [2.75, 3.05) is 33.5 Å². The summed E-state index contributed by atoms with van der Waals surface area (Å²) < 4.78 is 15.3. The van der Waals surface area contributed by atoms with Crippen molar-refractivity contribution in [2.45, 2.75) is 52.1 Å². The third-order valence-electron chi connectivity index (χ3n) is 5.30. The van der Waals surface area contributed by atoms with E-state index in [1.807, 2.05) is 13.8 Å². The minimum atomic E-state index is -0.755. The third-order valence-corrected chi connectivity index (χ3v) is 5.30. The van der Waals surface area contributed by atoms with Crippen molar-refractivity contribution in [2.24, 2.45) is 11.3 Å². The maximum absolute atomic E-state index is 13.2. The van der Waals surface area contributed by atoms with Crippen molar-refractivity contribution in [3.8, 4) is 0 Å². The molecule has 0 aromatic carbocycles. The van der Waals surface area contributed by atoms with Gasteiger partial charge in [-0.2, -0.15) is 0 Å². The van der Waals surface area contributed by atoms with Gasteiger partial charge in [-0.25, -0.2) is 9.59 Å². The highest BCUT2D eigenvalue weighted by Crippen LogP contribution is 2.43. The van der Waals surface area contributed by atoms with Crippen LogP contribution < -0.4 is 5.32 Å². The number of nitrogens with zero attached hydrogens (tertiary/aromatic N) is 1. The number of carbonyl (C=O) groups excluding carboxylic acids is 3. The van der Waals surface area contributed by atoms with E-state index in [2.05, 4.69) is 10.1 Å². The first kappa shape index (κ1) is 20.5. The van der Waals surface area contributed by atoms with E-state index in [0.29, 0.717) is 26.2 Å². The molecule has 1 spiro atoms. The fourth-order valence-electron chi connectivity index (χ4n) is 3.78. The summed E-state index contributed by atoms with van der Waals surface area (Å²) >= 11 is 0. The number of carbonyl (C=O) groups is 3. The lowest BCUT2D eigenvalue weighted by atomic mass is 9.78. The monoisotopic (exact) mass is 370 g/mol. The highest BCUT2D eigenvalue weighted by Gasteiger charge is 2.51. The van der Waals surface area contributed by atoms with Crippen LogP contribution in [-0.4, -0.2) is 68.4 Å². The Bertz CT molecular complexity index is 530. The third kappa shape index (κ3) is 4.47. The van der Waals surface area contributed by atoms with Gasteiger partial charge in [-0.3, -0.25) is 4.79 Å². The van der Waals surface area contributed by atoms with Gasteiger partial charge >= 0.3 is 12.1 Å². The van der Waals surface area contributed by atoms with E-state index in [1.165, 1.54) is 7.11 Å². The summed E-state index contributed by atoms with van der Waals surface area (Å²) in [5.41, 5.74) is -0.127. The number of methoxy groups -OCH3 is 1. The van der Waals surface area contributed by atoms with Crippen LogP contribution in [0.5, 0.6) is 0 Å². The van der Waals surface area contributed by atoms with Crippen molar-refractivity contribution in [1.29, 1.82) is 0 Å². The summed E-state index contributed by atoms with van der Waals surface area (Å²) in [4.78, 5) is 38.9. The first-order valence-corrected chi connectivity index (χ1v) is 9.23. The lowest BCUT2D eigenvalue weighted by Gasteiger charge is -2.34. The van der Waals surface area contributed by atoms with Crippen LogP contribution in [-0.2, 0) is 23.8 Å². The second-order valence-electron chi connectivity index (χ2n) is 7.41. The Morgan fingerprint density at radius 3 is 2.46 bits per heavy atom. The molecule has 2 fully saturated rings. The average molecular weight is 370 g/mol. The van der Waals surface area contributed by atoms with Gasteiger partial charge in [0.1, 0.15) is 12.1 Å². The van der Waals surface area contributed by atoms with Gasteiger partial charge in [0.05, 0.1) is 13.7 Å². The second-order valence-corrected chi connectivity index (χ2v) is 7.41. The number of nitrogens with one attached hydrogen (secondary N) is 1. The van der Waals surface area contributed by atoms with E-state index in [-0.39, 0.29) is 29.8 Å². The van der Waals surface area contributed by atoms with E-state index < -0.39 is 18.2 Å². The number of rotatable bonds is 5. The largest absolute Gasteiger partial charge is 0.464 e. The molecule has 8 heteroatoms. The van der Waals surface area contributed by atoms with Crippen LogP contribution in [0.2, 0.25) is 0 Å². The Balaban J connectivity index is 2.24. The van der Waals surface area contributed by atoms with Gasteiger partial charge in [0.2, 0.25) is 5.91 Å². The predicted molar refractivity (Wildman–Crippen MR) is 93.4 cm³/mol. The summed E-state index contributed by atoms with van der Waals surface area (Å²) in [6.07, 6.45) is 1.53. The van der Waals surface area contributed by atoms with Crippen LogP contribution in [0, 0.1) is 11.3 Å². The molecule has 2 amide bonds. The van der Waals surface area contributed by atoms with Gasteiger partial charge < -0.3 is 24.4 Å². The van der Waals surface area contributed by atoms with Crippen molar-refractivity contribution in [3.63, 3.8) is 0 Å². The lowest BCUT2D eigenvalue weighted by molar-refractivity contribution is -0.153. The zero-order chi connectivity index (χ0) is 19.3. The maximum Gasteiger partial charge on any atom is 0.407 e. The highest BCUT2D eigenvalue weighted by atomic mass is 16.5.